The van der Waals surface area contributed by atoms with Crippen LogP contribution in [0.25, 0.3) is 21.1 Å². The van der Waals surface area contributed by atoms with Gasteiger partial charge in [-0.15, -0.1) is 10.2 Å². The minimum atomic E-state index is -0.307. The summed E-state index contributed by atoms with van der Waals surface area (Å²) in [4.78, 5) is 14.6. The number of urea groups is 1. The van der Waals surface area contributed by atoms with Crippen LogP contribution in [0.5, 0.6) is 5.75 Å². The van der Waals surface area contributed by atoms with Gasteiger partial charge in [-0.2, -0.15) is 5.26 Å². The van der Waals surface area contributed by atoms with E-state index in [9.17, 15) is 15.2 Å². The minimum absolute atomic E-state index is 0.0161. The van der Waals surface area contributed by atoms with Crippen LogP contribution < -0.4 is 10.1 Å². The van der Waals surface area contributed by atoms with Gasteiger partial charge in [-0.1, -0.05) is 29.5 Å². The van der Waals surface area contributed by atoms with Crippen molar-refractivity contribution in [1.82, 2.24) is 20.4 Å². The standard InChI is InChI=1S/C27H29N5O3S/c1-16(2)35-24-9-6-17(14-18(24)15-28)25-30-31-26(36-25)22-5-3-4-21-20(22)7-8-23(21)29-27(34)32-12-10-19(33)11-13-32/h3-6,9,14,16,19,23,33H,7-8,10-13H2,1-2H3,(H,29,34). The molecule has 1 unspecified atom stereocenters. The summed E-state index contributed by atoms with van der Waals surface area (Å²) in [6.45, 7) is 5.02. The summed E-state index contributed by atoms with van der Waals surface area (Å²) >= 11 is 1.49. The first kappa shape index (κ1) is 24.2. The van der Waals surface area contributed by atoms with Gasteiger partial charge in [0.25, 0.3) is 0 Å². The number of nitrogens with zero attached hydrogens (tertiary/aromatic N) is 4. The Kier molecular flexibility index (Phi) is 6.90. The summed E-state index contributed by atoms with van der Waals surface area (Å²) in [5.74, 6) is 0.565. The number of ether oxygens (including phenoxy) is 1. The number of benzene rings is 2. The molecule has 2 amide bonds. The van der Waals surface area contributed by atoms with Crippen LogP contribution in [-0.2, 0) is 6.42 Å². The van der Waals surface area contributed by atoms with E-state index in [0.29, 0.717) is 37.2 Å². The Bertz CT molecular complexity index is 1310. The van der Waals surface area contributed by atoms with Crippen LogP contribution >= 0.6 is 11.3 Å². The number of carbonyl (C=O) groups is 1. The maximum atomic E-state index is 12.8. The van der Waals surface area contributed by atoms with Crippen molar-refractivity contribution in [2.75, 3.05) is 13.1 Å². The number of amides is 2. The van der Waals surface area contributed by atoms with Crippen molar-refractivity contribution in [3.05, 3.63) is 53.1 Å². The molecule has 36 heavy (non-hydrogen) atoms. The van der Waals surface area contributed by atoms with E-state index in [-0.39, 0.29) is 24.3 Å². The van der Waals surface area contributed by atoms with E-state index in [1.54, 1.807) is 11.0 Å². The Hall–Kier alpha value is -3.48. The number of aliphatic hydroxyl groups is 1. The number of hydrogen-bond acceptors (Lipinski definition) is 7. The molecule has 1 atom stereocenters. The zero-order chi connectivity index (χ0) is 25.2. The topological polar surface area (TPSA) is 111 Å². The third kappa shape index (κ3) is 4.92. The lowest BCUT2D eigenvalue weighted by Gasteiger charge is -2.30. The SMILES string of the molecule is CC(C)Oc1ccc(-c2nnc(-c3cccc4c3CCC4NC(=O)N3CCC(O)CC3)s2)cc1C#N. The fraction of sp³-hybridized carbons (Fsp3) is 0.407. The Balaban J connectivity index is 1.35. The summed E-state index contributed by atoms with van der Waals surface area (Å²) in [5, 5.41) is 32.9. The van der Waals surface area contributed by atoms with E-state index in [1.165, 1.54) is 16.9 Å². The van der Waals surface area contributed by atoms with E-state index in [2.05, 4.69) is 33.7 Å². The molecule has 2 heterocycles. The summed E-state index contributed by atoms with van der Waals surface area (Å²) in [5.41, 5.74) is 4.65. The molecule has 1 fully saturated rings. The summed E-state index contributed by atoms with van der Waals surface area (Å²) in [6.07, 6.45) is 2.62. The molecule has 2 aliphatic rings. The fourth-order valence-electron chi connectivity index (χ4n) is 4.87. The molecule has 5 rings (SSSR count). The second-order valence-electron chi connectivity index (χ2n) is 9.53. The molecule has 2 N–H and O–H groups in total. The predicted molar refractivity (Wildman–Crippen MR) is 138 cm³/mol. The lowest BCUT2D eigenvalue weighted by atomic mass is 10.0. The molecule has 0 saturated carbocycles. The molecular formula is C27H29N5O3S. The molecule has 1 aromatic heterocycles. The van der Waals surface area contributed by atoms with Crippen LogP contribution in [0.1, 0.15) is 55.8 Å². The first-order chi connectivity index (χ1) is 17.4. The van der Waals surface area contributed by atoms with Crippen molar-refractivity contribution in [1.29, 1.82) is 5.26 Å². The van der Waals surface area contributed by atoms with Crippen molar-refractivity contribution in [3.63, 3.8) is 0 Å². The summed E-state index contributed by atoms with van der Waals surface area (Å²) < 4.78 is 5.73. The highest BCUT2D eigenvalue weighted by atomic mass is 32.1. The van der Waals surface area contributed by atoms with E-state index in [4.69, 9.17) is 4.74 Å². The average Bonchev–Trinajstić information content (AvgIpc) is 3.52. The van der Waals surface area contributed by atoms with Crippen molar-refractivity contribution in [2.24, 2.45) is 0 Å². The molecule has 0 bridgehead atoms. The molecular weight excluding hydrogens is 474 g/mol. The Morgan fingerprint density at radius 2 is 1.97 bits per heavy atom. The third-order valence-corrected chi connectivity index (χ3v) is 7.69. The average molecular weight is 504 g/mol. The number of piperidine rings is 1. The molecule has 1 saturated heterocycles. The number of aliphatic hydroxyl groups excluding tert-OH is 1. The van der Waals surface area contributed by atoms with Gasteiger partial charge in [0, 0.05) is 24.2 Å². The van der Waals surface area contributed by atoms with Gasteiger partial charge in [0.1, 0.15) is 21.8 Å². The third-order valence-electron chi connectivity index (χ3n) is 6.69. The number of carbonyl (C=O) groups excluding carboxylic acids is 1. The van der Waals surface area contributed by atoms with Gasteiger partial charge >= 0.3 is 6.03 Å². The largest absolute Gasteiger partial charge is 0.490 e. The normalized spacial score (nSPS) is 17.6. The number of hydrogen-bond donors (Lipinski definition) is 2. The predicted octanol–water partition coefficient (Wildman–Crippen LogP) is 4.68. The number of fused-ring (bicyclic) bond motifs is 1. The lowest BCUT2D eigenvalue weighted by Crippen LogP contribution is -2.46. The second-order valence-corrected chi connectivity index (χ2v) is 10.5. The smallest absolute Gasteiger partial charge is 0.317 e. The maximum Gasteiger partial charge on any atom is 0.317 e. The molecule has 8 nitrogen and oxygen atoms in total. The van der Waals surface area contributed by atoms with E-state index in [0.717, 1.165) is 39.5 Å². The van der Waals surface area contributed by atoms with Crippen molar-refractivity contribution >= 4 is 17.4 Å². The zero-order valence-corrected chi connectivity index (χ0v) is 21.2. The minimum Gasteiger partial charge on any atom is -0.490 e. The van der Waals surface area contributed by atoms with Gasteiger partial charge in [0.15, 0.2) is 0 Å². The van der Waals surface area contributed by atoms with Crippen LogP contribution in [0.15, 0.2) is 36.4 Å². The molecule has 186 valence electrons. The highest BCUT2D eigenvalue weighted by molar-refractivity contribution is 7.17. The Morgan fingerprint density at radius 1 is 1.19 bits per heavy atom. The lowest BCUT2D eigenvalue weighted by molar-refractivity contribution is 0.0928. The van der Waals surface area contributed by atoms with Gasteiger partial charge in [0.05, 0.1) is 23.8 Å². The summed E-state index contributed by atoms with van der Waals surface area (Å²) in [7, 11) is 0. The van der Waals surface area contributed by atoms with Crippen molar-refractivity contribution < 1.29 is 14.6 Å². The van der Waals surface area contributed by atoms with Crippen LogP contribution in [0.3, 0.4) is 0 Å². The molecule has 0 radical (unpaired) electrons. The zero-order valence-electron chi connectivity index (χ0n) is 20.4. The first-order valence-electron chi connectivity index (χ1n) is 12.3. The Labute approximate surface area is 214 Å². The summed E-state index contributed by atoms with van der Waals surface area (Å²) in [6, 6.07) is 13.7. The van der Waals surface area contributed by atoms with Crippen molar-refractivity contribution in [3.8, 4) is 33.0 Å². The number of nitriles is 1. The van der Waals surface area contributed by atoms with Gasteiger partial charge in [-0.25, -0.2) is 4.79 Å². The number of nitrogens with one attached hydrogen (secondary N) is 1. The van der Waals surface area contributed by atoms with Crippen LogP contribution in [0.2, 0.25) is 0 Å². The molecule has 9 heteroatoms. The van der Waals surface area contributed by atoms with Crippen LogP contribution in [0, 0.1) is 11.3 Å². The maximum absolute atomic E-state index is 12.8. The highest BCUT2D eigenvalue weighted by Crippen LogP contribution is 2.40. The fourth-order valence-corrected chi connectivity index (χ4v) is 5.76. The highest BCUT2D eigenvalue weighted by Gasteiger charge is 2.29. The molecule has 3 aromatic rings. The van der Waals surface area contributed by atoms with E-state index in [1.807, 2.05) is 32.0 Å². The molecule has 1 aliphatic carbocycles. The number of rotatable bonds is 5. The molecule has 0 spiro atoms. The van der Waals surface area contributed by atoms with Gasteiger partial charge in [0.2, 0.25) is 0 Å². The van der Waals surface area contributed by atoms with Gasteiger partial charge in [-0.05, 0) is 68.9 Å². The van der Waals surface area contributed by atoms with Crippen LogP contribution in [0.4, 0.5) is 4.79 Å². The van der Waals surface area contributed by atoms with Crippen molar-refractivity contribution in [2.45, 2.75) is 57.8 Å². The van der Waals surface area contributed by atoms with Crippen LogP contribution in [-0.4, -0.2) is 51.5 Å². The van der Waals surface area contributed by atoms with Gasteiger partial charge in [-0.3, -0.25) is 0 Å². The molecule has 2 aromatic carbocycles. The quantitative estimate of drug-likeness (QED) is 0.523. The first-order valence-corrected chi connectivity index (χ1v) is 13.1. The molecule has 1 aliphatic heterocycles. The second kappa shape index (κ2) is 10.2. The Morgan fingerprint density at radius 3 is 2.72 bits per heavy atom. The number of aromatic nitrogens is 2. The van der Waals surface area contributed by atoms with Gasteiger partial charge < -0.3 is 20.1 Å². The number of likely N-dealkylation sites (tertiary alicyclic amines) is 1. The monoisotopic (exact) mass is 503 g/mol. The van der Waals surface area contributed by atoms with E-state index < -0.39 is 0 Å². The van der Waals surface area contributed by atoms with E-state index >= 15 is 0 Å².